The van der Waals surface area contributed by atoms with E-state index >= 15 is 0 Å². The van der Waals surface area contributed by atoms with Crippen molar-refractivity contribution in [2.45, 2.75) is 31.6 Å². The highest BCUT2D eigenvalue weighted by Gasteiger charge is 2.34. The van der Waals surface area contributed by atoms with Crippen molar-refractivity contribution in [2.75, 3.05) is 30.3 Å². The third kappa shape index (κ3) is 4.32. The van der Waals surface area contributed by atoms with Gasteiger partial charge in [0.25, 0.3) is 5.91 Å². The lowest BCUT2D eigenvalue weighted by molar-refractivity contribution is -0.121. The number of aryl methyl sites for hydroxylation is 2. The molecular weight excluding hydrogens is 454 g/mol. The van der Waals surface area contributed by atoms with Gasteiger partial charge in [-0.25, -0.2) is 8.42 Å². The summed E-state index contributed by atoms with van der Waals surface area (Å²) in [5, 5.41) is 5.61. The van der Waals surface area contributed by atoms with Crippen molar-refractivity contribution in [2.24, 2.45) is 5.92 Å². The number of ether oxygens (including phenoxy) is 1. The molecule has 32 heavy (non-hydrogen) atoms. The van der Waals surface area contributed by atoms with E-state index in [2.05, 4.69) is 10.6 Å². The number of para-hydroxylation sites is 1. The zero-order valence-corrected chi connectivity index (χ0v) is 19.3. The number of halogens is 1. The Labute approximate surface area is 191 Å². The van der Waals surface area contributed by atoms with Crippen LogP contribution in [0.2, 0.25) is 5.02 Å². The monoisotopic (exact) mass is 477 g/mol. The van der Waals surface area contributed by atoms with Crippen molar-refractivity contribution in [3.63, 3.8) is 0 Å². The molecule has 0 aliphatic carbocycles. The summed E-state index contributed by atoms with van der Waals surface area (Å²) in [5.41, 5.74) is 3.12. The van der Waals surface area contributed by atoms with E-state index in [1.54, 1.807) is 0 Å². The molecule has 2 aromatic rings. The summed E-state index contributed by atoms with van der Waals surface area (Å²) in [6, 6.07) is 8.54. The topological polar surface area (TPSA) is 105 Å². The average molecular weight is 478 g/mol. The fourth-order valence-electron chi connectivity index (χ4n) is 4.01. The molecule has 2 aromatic carbocycles. The number of nitrogens with zero attached hydrogens (tertiary/aromatic N) is 1. The van der Waals surface area contributed by atoms with Gasteiger partial charge in [-0.15, -0.1) is 0 Å². The van der Waals surface area contributed by atoms with Crippen molar-refractivity contribution in [1.29, 1.82) is 0 Å². The summed E-state index contributed by atoms with van der Waals surface area (Å²) in [6.45, 7) is 4.11. The molecule has 2 heterocycles. The van der Waals surface area contributed by atoms with E-state index in [9.17, 15) is 18.0 Å². The highest BCUT2D eigenvalue weighted by Crippen LogP contribution is 2.37. The minimum Gasteiger partial charge on any atom is -0.482 e. The third-order valence-electron chi connectivity index (χ3n) is 5.84. The van der Waals surface area contributed by atoms with Crippen LogP contribution < -0.4 is 15.4 Å². The Kier molecular flexibility index (Phi) is 6.15. The predicted molar refractivity (Wildman–Crippen MR) is 122 cm³/mol. The molecule has 10 heteroatoms. The minimum atomic E-state index is -3.88. The molecular formula is C22H24ClN3O5S. The molecule has 0 atom stereocenters. The molecule has 2 amide bonds. The number of carbonyl (C=O) groups is 2. The molecule has 0 spiro atoms. The maximum absolute atomic E-state index is 13.2. The second-order valence-electron chi connectivity index (χ2n) is 8.05. The van der Waals surface area contributed by atoms with Gasteiger partial charge >= 0.3 is 0 Å². The van der Waals surface area contributed by atoms with Crippen LogP contribution in [0.3, 0.4) is 0 Å². The van der Waals surface area contributed by atoms with Crippen LogP contribution in [0, 0.1) is 19.8 Å². The molecule has 1 saturated heterocycles. The number of carbonyl (C=O) groups excluding carboxylic acids is 2. The van der Waals surface area contributed by atoms with Gasteiger partial charge in [-0.3, -0.25) is 9.59 Å². The van der Waals surface area contributed by atoms with E-state index in [0.717, 1.165) is 16.8 Å². The van der Waals surface area contributed by atoms with E-state index in [0.29, 0.717) is 18.5 Å². The Morgan fingerprint density at radius 2 is 1.84 bits per heavy atom. The van der Waals surface area contributed by atoms with Gasteiger partial charge in [-0.1, -0.05) is 29.8 Å². The zero-order chi connectivity index (χ0) is 23.0. The maximum atomic E-state index is 13.2. The number of anilines is 2. The van der Waals surface area contributed by atoms with Crippen LogP contribution in [0.25, 0.3) is 0 Å². The van der Waals surface area contributed by atoms with E-state index in [4.69, 9.17) is 16.3 Å². The van der Waals surface area contributed by atoms with Crippen LogP contribution >= 0.6 is 11.6 Å². The van der Waals surface area contributed by atoms with Crippen molar-refractivity contribution in [3.05, 3.63) is 46.5 Å². The molecule has 8 nitrogen and oxygen atoms in total. The largest absolute Gasteiger partial charge is 0.482 e. The van der Waals surface area contributed by atoms with Crippen LogP contribution in [0.5, 0.6) is 5.75 Å². The standard InChI is InChI=1S/C22H24ClN3O5S/c1-13-4-3-5-14(2)21(13)25-22(28)15-6-8-26(9-7-15)32(29,30)19-11-18-17(10-16(19)23)24-20(27)12-31-18/h3-5,10-11,15H,6-9,12H2,1-2H3,(H,24,27)(H,25,28). The van der Waals surface area contributed by atoms with Crippen molar-refractivity contribution >= 4 is 44.8 Å². The van der Waals surface area contributed by atoms with E-state index in [1.165, 1.54) is 16.4 Å². The van der Waals surface area contributed by atoms with E-state index < -0.39 is 10.0 Å². The molecule has 4 rings (SSSR count). The molecule has 2 N–H and O–H groups in total. The number of amides is 2. The van der Waals surface area contributed by atoms with Gasteiger partial charge in [-0.2, -0.15) is 4.31 Å². The summed E-state index contributed by atoms with van der Waals surface area (Å²) in [7, 11) is -3.88. The van der Waals surface area contributed by atoms with Crippen LogP contribution in [0.15, 0.2) is 35.2 Å². The van der Waals surface area contributed by atoms with Gasteiger partial charge in [0.15, 0.2) is 6.61 Å². The minimum absolute atomic E-state index is 0.00412. The first-order chi connectivity index (χ1) is 15.2. The lowest BCUT2D eigenvalue weighted by atomic mass is 9.96. The first kappa shape index (κ1) is 22.6. The summed E-state index contributed by atoms with van der Waals surface area (Å²) in [5.74, 6) is -0.450. The highest BCUT2D eigenvalue weighted by atomic mass is 35.5. The number of rotatable bonds is 4. The number of sulfonamides is 1. The lowest BCUT2D eigenvalue weighted by Crippen LogP contribution is -2.41. The van der Waals surface area contributed by atoms with Gasteiger partial charge in [0, 0.05) is 30.8 Å². The second kappa shape index (κ2) is 8.73. The molecule has 0 saturated carbocycles. The Hall–Kier alpha value is -2.62. The maximum Gasteiger partial charge on any atom is 0.262 e. The van der Waals surface area contributed by atoms with Gasteiger partial charge in [0.1, 0.15) is 10.6 Å². The van der Waals surface area contributed by atoms with Gasteiger partial charge in [0.2, 0.25) is 15.9 Å². The Morgan fingerprint density at radius 3 is 2.50 bits per heavy atom. The quantitative estimate of drug-likeness (QED) is 0.702. The highest BCUT2D eigenvalue weighted by molar-refractivity contribution is 7.89. The smallest absolute Gasteiger partial charge is 0.262 e. The molecule has 2 aliphatic rings. The number of fused-ring (bicyclic) bond motifs is 1. The molecule has 1 fully saturated rings. The Balaban J connectivity index is 1.46. The van der Waals surface area contributed by atoms with E-state index in [-0.39, 0.29) is 53.1 Å². The summed E-state index contributed by atoms with van der Waals surface area (Å²) in [4.78, 5) is 24.2. The summed E-state index contributed by atoms with van der Waals surface area (Å²) >= 11 is 6.23. The lowest BCUT2D eigenvalue weighted by Gasteiger charge is -2.31. The van der Waals surface area contributed by atoms with Gasteiger partial charge in [0.05, 0.1) is 10.7 Å². The van der Waals surface area contributed by atoms with Crippen LogP contribution in [-0.2, 0) is 19.6 Å². The summed E-state index contributed by atoms with van der Waals surface area (Å²) in [6.07, 6.45) is 0.816. The SMILES string of the molecule is Cc1cccc(C)c1NC(=O)C1CCN(S(=O)(=O)c2cc3c(cc2Cl)NC(=O)CO3)CC1. The van der Waals surface area contributed by atoms with Gasteiger partial charge in [-0.05, 0) is 43.9 Å². The Bertz CT molecular complexity index is 1170. The first-order valence-electron chi connectivity index (χ1n) is 10.3. The normalized spacial score (nSPS) is 17.3. The van der Waals surface area contributed by atoms with Gasteiger partial charge < -0.3 is 15.4 Å². The number of hydrogen-bond donors (Lipinski definition) is 2. The molecule has 0 radical (unpaired) electrons. The molecule has 0 unspecified atom stereocenters. The average Bonchev–Trinajstić information content (AvgIpc) is 2.75. The van der Waals surface area contributed by atoms with E-state index in [1.807, 2.05) is 32.0 Å². The molecule has 2 aliphatic heterocycles. The Morgan fingerprint density at radius 1 is 1.19 bits per heavy atom. The molecule has 0 aromatic heterocycles. The van der Waals surface area contributed by atoms with Crippen molar-refractivity contribution < 1.29 is 22.7 Å². The fraction of sp³-hybridized carbons (Fsp3) is 0.364. The number of nitrogens with one attached hydrogen (secondary N) is 2. The predicted octanol–water partition coefficient (Wildman–Crippen LogP) is 3.33. The molecule has 170 valence electrons. The number of benzene rings is 2. The second-order valence-corrected chi connectivity index (χ2v) is 10.4. The third-order valence-corrected chi connectivity index (χ3v) is 8.20. The van der Waals surface area contributed by atoms with Crippen molar-refractivity contribution in [3.8, 4) is 5.75 Å². The summed E-state index contributed by atoms with van der Waals surface area (Å²) < 4.78 is 33.1. The van der Waals surface area contributed by atoms with Crippen LogP contribution in [0.1, 0.15) is 24.0 Å². The number of piperidine rings is 1. The first-order valence-corrected chi connectivity index (χ1v) is 12.1. The zero-order valence-electron chi connectivity index (χ0n) is 17.8. The van der Waals surface area contributed by atoms with Crippen LogP contribution in [-0.4, -0.2) is 44.2 Å². The van der Waals surface area contributed by atoms with Crippen LogP contribution in [0.4, 0.5) is 11.4 Å². The fourth-order valence-corrected chi connectivity index (χ4v) is 6.00. The molecule has 0 bridgehead atoms. The van der Waals surface area contributed by atoms with Crippen molar-refractivity contribution in [1.82, 2.24) is 4.31 Å². The number of hydrogen-bond acceptors (Lipinski definition) is 5.